The second kappa shape index (κ2) is 13.3. The van der Waals surface area contributed by atoms with Crippen LogP contribution >= 0.6 is 0 Å². The average molecular weight is 290 g/mol. The molecule has 0 saturated carbocycles. The standard InChI is InChI=1S/C14H28OSe/c1-2-3-4-5-6-7-8-9-10-11-12-13-14(15)16/h2-13H2,1H3,(H,15,16)/p-1. The van der Waals surface area contributed by atoms with E-state index < -0.39 is 0 Å². The van der Waals surface area contributed by atoms with Gasteiger partial charge in [-0.2, -0.15) is 0 Å². The Labute approximate surface area is 110 Å². The van der Waals surface area contributed by atoms with Crippen LogP contribution in [0.25, 0.3) is 0 Å². The van der Waals surface area contributed by atoms with Crippen LogP contribution in [0.15, 0.2) is 0 Å². The Bertz CT molecular complexity index is 157. The summed E-state index contributed by atoms with van der Waals surface area (Å²) in [5.41, 5.74) is 0. The van der Waals surface area contributed by atoms with Gasteiger partial charge in [-0.05, 0) is 0 Å². The van der Waals surface area contributed by atoms with Crippen molar-refractivity contribution in [2.45, 2.75) is 84.0 Å². The van der Waals surface area contributed by atoms with E-state index in [4.69, 9.17) is 0 Å². The van der Waals surface area contributed by atoms with Gasteiger partial charge in [0, 0.05) is 0 Å². The number of unbranched alkanes of at least 4 members (excludes halogenated alkanes) is 10. The van der Waals surface area contributed by atoms with Crippen LogP contribution in [0.2, 0.25) is 0 Å². The Balaban J connectivity index is 2.90. The van der Waals surface area contributed by atoms with Crippen molar-refractivity contribution < 1.29 is 4.79 Å². The van der Waals surface area contributed by atoms with Crippen LogP contribution in [0.5, 0.6) is 0 Å². The molecule has 96 valence electrons. The number of carbonyl (C=O) groups excluding carboxylic acids is 1. The first-order valence-electron chi connectivity index (χ1n) is 6.97. The summed E-state index contributed by atoms with van der Waals surface area (Å²) in [5.74, 6) is 0. The van der Waals surface area contributed by atoms with Crippen LogP contribution < -0.4 is 0 Å². The second-order valence-corrected chi connectivity index (χ2v) is 5.61. The van der Waals surface area contributed by atoms with Crippen molar-refractivity contribution in [3.05, 3.63) is 0 Å². The molecular formula is C14H27OSe-. The minimum absolute atomic E-state index is 0.218. The molecule has 0 aromatic heterocycles. The normalized spacial score (nSPS) is 10.6. The molecule has 0 unspecified atom stereocenters. The van der Waals surface area contributed by atoms with Gasteiger partial charge in [0.2, 0.25) is 0 Å². The summed E-state index contributed by atoms with van der Waals surface area (Å²) in [6, 6.07) is 0. The molecule has 0 bridgehead atoms. The van der Waals surface area contributed by atoms with E-state index in [0.717, 1.165) is 12.8 Å². The van der Waals surface area contributed by atoms with Gasteiger partial charge < -0.3 is 0 Å². The average Bonchev–Trinajstić information content (AvgIpc) is 2.25. The third kappa shape index (κ3) is 14.2. The number of hydrogen-bond donors (Lipinski definition) is 0. The third-order valence-electron chi connectivity index (χ3n) is 2.98. The molecule has 1 nitrogen and oxygen atoms in total. The summed E-state index contributed by atoms with van der Waals surface area (Å²) in [6.07, 6.45) is 15.5. The van der Waals surface area contributed by atoms with Crippen molar-refractivity contribution in [1.82, 2.24) is 0 Å². The number of carbonyl (C=O) groups is 1. The molecular weight excluding hydrogens is 263 g/mol. The van der Waals surface area contributed by atoms with Crippen molar-refractivity contribution in [2.24, 2.45) is 0 Å². The zero-order chi connectivity index (χ0) is 12.1. The van der Waals surface area contributed by atoms with Crippen molar-refractivity contribution >= 4 is 20.7 Å². The van der Waals surface area contributed by atoms with E-state index in [0.29, 0.717) is 0 Å². The molecule has 0 heterocycles. The Morgan fingerprint density at radius 1 is 0.750 bits per heavy atom. The SMILES string of the molecule is CCCCCCCCCCCCCC(=O)[Se-]. The number of hydrogen-bond acceptors (Lipinski definition) is 1. The van der Waals surface area contributed by atoms with Crippen LogP contribution in [0, 0.1) is 0 Å². The third-order valence-corrected chi connectivity index (χ3v) is 3.41. The maximum absolute atomic E-state index is 10.6. The fourth-order valence-corrected chi connectivity index (χ4v) is 2.24. The predicted molar refractivity (Wildman–Crippen MR) is 71.8 cm³/mol. The van der Waals surface area contributed by atoms with Crippen molar-refractivity contribution in [1.29, 1.82) is 0 Å². The van der Waals surface area contributed by atoms with Gasteiger partial charge in [0.25, 0.3) is 0 Å². The topological polar surface area (TPSA) is 17.1 Å². The molecule has 16 heavy (non-hydrogen) atoms. The number of rotatable bonds is 12. The van der Waals surface area contributed by atoms with E-state index in [2.05, 4.69) is 22.9 Å². The first-order valence-corrected chi connectivity index (χ1v) is 7.83. The molecule has 2 heteroatoms. The van der Waals surface area contributed by atoms with Gasteiger partial charge in [-0.15, -0.1) is 0 Å². The molecule has 0 aliphatic heterocycles. The molecule has 0 radical (unpaired) electrons. The molecule has 0 rings (SSSR count). The summed E-state index contributed by atoms with van der Waals surface area (Å²) < 4.78 is 0.218. The molecule has 0 aliphatic rings. The van der Waals surface area contributed by atoms with Gasteiger partial charge in [-0.1, -0.05) is 13.3 Å². The van der Waals surface area contributed by atoms with Crippen LogP contribution in [-0.2, 0) is 4.79 Å². The van der Waals surface area contributed by atoms with Crippen LogP contribution in [0.1, 0.15) is 84.0 Å². The van der Waals surface area contributed by atoms with Gasteiger partial charge in [0.1, 0.15) is 0 Å². The Kier molecular flexibility index (Phi) is 13.4. The summed E-state index contributed by atoms with van der Waals surface area (Å²) >= 11 is 2.54. The first-order chi connectivity index (χ1) is 7.77. The van der Waals surface area contributed by atoms with Gasteiger partial charge in [-0.25, -0.2) is 0 Å². The summed E-state index contributed by atoms with van der Waals surface area (Å²) in [4.78, 5) is 10.6. The minimum atomic E-state index is 0.218. The van der Waals surface area contributed by atoms with Crippen LogP contribution in [0.3, 0.4) is 0 Å². The van der Waals surface area contributed by atoms with Gasteiger partial charge in [0.05, 0.1) is 0 Å². The van der Waals surface area contributed by atoms with Crippen molar-refractivity contribution in [3.8, 4) is 0 Å². The predicted octanol–water partition coefficient (Wildman–Crippen LogP) is 4.38. The van der Waals surface area contributed by atoms with Crippen molar-refractivity contribution in [2.75, 3.05) is 0 Å². The Hall–Kier alpha value is 0.189. The molecule has 0 atom stereocenters. The van der Waals surface area contributed by atoms with Crippen molar-refractivity contribution in [3.63, 3.8) is 0 Å². The summed E-state index contributed by atoms with van der Waals surface area (Å²) in [7, 11) is 0. The molecule has 0 saturated heterocycles. The zero-order valence-corrected chi connectivity index (χ0v) is 12.5. The summed E-state index contributed by atoms with van der Waals surface area (Å²) in [6.45, 7) is 2.26. The van der Waals surface area contributed by atoms with E-state index >= 15 is 0 Å². The van der Waals surface area contributed by atoms with Gasteiger partial charge in [0.15, 0.2) is 0 Å². The Morgan fingerprint density at radius 3 is 1.50 bits per heavy atom. The first kappa shape index (κ1) is 16.2. The van der Waals surface area contributed by atoms with Crippen LogP contribution in [-0.4, -0.2) is 20.7 Å². The van der Waals surface area contributed by atoms with E-state index in [1.54, 1.807) is 0 Å². The summed E-state index contributed by atoms with van der Waals surface area (Å²) in [5, 5.41) is 0. The van der Waals surface area contributed by atoms with E-state index in [-0.39, 0.29) is 4.68 Å². The molecule has 0 aromatic carbocycles. The molecule has 0 amide bonds. The van der Waals surface area contributed by atoms with Crippen LogP contribution in [0.4, 0.5) is 0 Å². The maximum atomic E-state index is 10.6. The fourth-order valence-electron chi connectivity index (χ4n) is 1.93. The molecule has 0 spiro atoms. The van der Waals surface area contributed by atoms with E-state index in [9.17, 15) is 4.79 Å². The molecule has 0 aromatic rings. The molecule has 0 fully saturated rings. The van der Waals surface area contributed by atoms with Gasteiger partial charge in [-0.3, -0.25) is 0 Å². The fraction of sp³-hybridized carbons (Fsp3) is 0.929. The zero-order valence-electron chi connectivity index (χ0n) is 10.8. The monoisotopic (exact) mass is 291 g/mol. The second-order valence-electron chi connectivity index (χ2n) is 4.66. The van der Waals surface area contributed by atoms with Gasteiger partial charge >= 0.3 is 96.1 Å². The molecule has 0 aliphatic carbocycles. The van der Waals surface area contributed by atoms with E-state index in [1.807, 2.05) is 0 Å². The quantitative estimate of drug-likeness (QED) is 0.385. The van der Waals surface area contributed by atoms with E-state index in [1.165, 1.54) is 64.2 Å². The molecule has 0 N–H and O–H groups in total. The Morgan fingerprint density at radius 2 is 1.12 bits per heavy atom.